The van der Waals surface area contributed by atoms with Gasteiger partial charge in [0.05, 0.1) is 0 Å². The third-order valence-electron chi connectivity index (χ3n) is 2.33. The van der Waals surface area contributed by atoms with Gasteiger partial charge in [-0.25, -0.2) is 4.98 Å². The largest absolute Gasteiger partial charge is 0.480 e. The number of hydrogen-bond acceptors (Lipinski definition) is 6. The van der Waals surface area contributed by atoms with E-state index in [2.05, 4.69) is 9.97 Å². The van der Waals surface area contributed by atoms with Crippen molar-refractivity contribution in [2.24, 2.45) is 0 Å². The number of rotatable bonds is 6. The lowest BCUT2D eigenvalue weighted by molar-refractivity contribution is -0.135. The molecule has 100 valence electrons. The van der Waals surface area contributed by atoms with Gasteiger partial charge in [0.1, 0.15) is 12.4 Å². The number of anilines is 2. The van der Waals surface area contributed by atoms with Gasteiger partial charge in [-0.3, -0.25) is 4.79 Å². The van der Waals surface area contributed by atoms with Crippen molar-refractivity contribution < 1.29 is 9.90 Å². The minimum atomic E-state index is -0.899. The number of likely N-dealkylation sites (N-methyl/N-ethyl adjacent to an activating group) is 1. The molecule has 0 atom stereocenters. The molecule has 0 spiro atoms. The Balaban J connectivity index is 2.89. The van der Waals surface area contributed by atoms with Gasteiger partial charge in [-0.05, 0) is 21.0 Å². The molecule has 0 aromatic carbocycles. The highest BCUT2D eigenvalue weighted by molar-refractivity contribution is 5.73. The Kier molecular flexibility index (Phi) is 4.85. The summed E-state index contributed by atoms with van der Waals surface area (Å²) in [6, 6.07) is 1.73. The molecule has 0 fully saturated rings. The fourth-order valence-corrected chi connectivity index (χ4v) is 1.50. The number of hydrogen-bond donors (Lipinski definition) is 2. The van der Waals surface area contributed by atoms with Gasteiger partial charge in [0.15, 0.2) is 0 Å². The van der Waals surface area contributed by atoms with Crippen LogP contribution in [0.5, 0.6) is 0 Å². The van der Waals surface area contributed by atoms with Crippen LogP contribution in [0.4, 0.5) is 11.8 Å². The number of nitrogen functional groups attached to an aromatic ring is 1. The molecule has 3 N–H and O–H groups in total. The molecule has 0 aliphatic rings. The number of carbonyl (C=O) groups is 1. The van der Waals surface area contributed by atoms with E-state index in [1.807, 2.05) is 19.0 Å². The summed E-state index contributed by atoms with van der Waals surface area (Å²) < 4.78 is 0. The molecule has 1 rings (SSSR count). The molecule has 18 heavy (non-hydrogen) atoms. The topological polar surface area (TPSA) is 95.6 Å². The van der Waals surface area contributed by atoms with Crippen LogP contribution >= 0.6 is 0 Å². The van der Waals surface area contributed by atoms with Gasteiger partial charge in [-0.2, -0.15) is 4.98 Å². The van der Waals surface area contributed by atoms with E-state index in [-0.39, 0.29) is 12.5 Å². The van der Waals surface area contributed by atoms with Crippen LogP contribution in [0.2, 0.25) is 0 Å². The number of nitrogens with two attached hydrogens (primary N) is 1. The first kappa shape index (κ1) is 14.2. The molecular weight excluding hydrogens is 234 g/mol. The maximum Gasteiger partial charge on any atom is 0.323 e. The quantitative estimate of drug-likeness (QED) is 0.726. The van der Waals surface area contributed by atoms with Crippen molar-refractivity contribution in [1.29, 1.82) is 0 Å². The molecule has 1 aromatic heterocycles. The molecule has 0 aliphatic heterocycles. The van der Waals surface area contributed by atoms with Crippen molar-refractivity contribution >= 4 is 17.7 Å². The fourth-order valence-electron chi connectivity index (χ4n) is 1.50. The van der Waals surface area contributed by atoms with Crippen LogP contribution < -0.4 is 10.6 Å². The molecular formula is C11H19N5O2. The highest BCUT2D eigenvalue weighted by atomic mass is 16.4. The van der Waals surface area contributed by atoms with Crippen molar-refractivity contribution in [2.45, 2.75) is 6.92 Å². The maximum absolute atomic E-state index is 10.9. The molecule has 0 aliphatic carbocycles. The third-order valence-corrected chi connectivity index (χ3v) is 2.33. The minimum Gasteiger partial charge on any atom is -0.480 e. The lowest BCUT2D eigenvalue weighted by atomic mass is 10.3. The Morgan fingerprint density at radius 2 is 2.06 bits per heavy atom. The van der Waals surface area contributed by atoms with E-state index in [9.17, 15) is 4.79 Å². The molecule has 7 heteroatoms. The third kappa shape index (κ3) is 4.54. The Labute approximate surface area is 106 Å². The Hall–Kier alpha value is -1.89. The summed E-state index contributed by atoms with van der Waals surface area (Å²) in [6.45, 7) is 2.99. The zero-order valence-corrected chi connectivity index (χ0v) is 10.9. The molecule has 0 saturated carbocycles. The highest BCUT2D eigenvalue weighted by Crippen LogP contribution is 2.13. The number of carboxylic acids is 1. The van der Waals surface area contributed by atoms with Crippen molar-refractivity contribution in [1.82, 2.24) is 14.9 Å². The first-order valence-corrected chi connectivity index (χ1v) is 5.61. The lowest BCUT2D eigenvalue weighted by Gasteiger charge is -2.23. The normalized spacial score (nSPS) is 10.7. The van der Waals surface area contributed by atoms with E-state index in [1.54, 1.807) is 17.9 Å². The summed E-state index contributed by atoms with van der Waals surface area (Å²) in [6.07, 6.45) is 0. The van der Waals surface area contributed by atoms with Gasteiger partial charge in [-0.15, -0.1) is 0 Å². The minimum absolute atomic E-state index is 0.107. The first-order chi connectivity index (χ1) is 8.38. The van der Waals surface area contributed by atoms with Gasteiger partial charge in [-0.1, -0.05) is 0 Å². The van der Waals surface area contributed by atoms with E-state index in [4.69, 9.17) is 10.8 Å². The van der Waals surface area contributed by atoms with Crippen LogP contribution in [0.1, 0.15) is 5.69 Å². The van der Waals surface area contributed by atoms with Crippen LogP contribution in [-0.2, 0) is 4.79 Å². The monoisotopic (exact) mass is 253 g/mol. The maximum atomic E-state index is 10.9. The number of aryl methyl sites for hydroxylation is 1. The number of nitrogens with zero attached hydrogens (tertiary/aromatic N) is 4. The molecule has 0 amide bonds. The summed E-state index contributed by atoms with van der Waals surface area (Å²) in [5, 5.41) is 8.92. The SMILES string of the molecule is Cc1cc(N(CCN(C)C)CC(=O)O)nc(N)n1. The van der Waals surface area contributed by atoms with Crippen LogP contribution in [0.15, 0.2) is 6.07 Å². The molecule has 0 unspecified atom stereocenters. The molecule has 0 radical (unpaired) electrons. The Morgan fingerprint density at radius 1 is 1.39 bits per heavy atom. The Morgan fingerprint density at radius 3 is 2.56 bits per heavy atom. The Bertz CT molecular complexity index is 402. The zero-order valence-electron chi connectivity index (χ0n) is 10.9. The lowest BCUT2D eigenvalue weighted by Crippen LogP contribution is -2.36. The van der Waals surface area contributed by atoms with Gasteiger partial charge in [0.2, 0.25) is 5.95 Å². The van der Waals surface area contributed by atoms with Crippen molar-refractivity contribution in [2.75, 3.05) is 44.4 Å². The second-order valence-electron chi connectivity index (χ2n) is 4.34. The second kappa shape index (κ2) is 6.15. The average molecular weight is 253 g/mol. The van der Waals surface area contributed by atoms with E-state index >= 15 is 0 Å². The van der Waals surface area contributed by atoms with E-state index < -0.39 is 5.97 Å². The van der Waals surface area contributed by atoms with E-state index in [1.165, 1.54) is 0 Å². The number of aliphatic carboxylic acids is 1. The average Bonchev–Trinajstić information content (AvgIpc) is 2.22. The summed E-state index contributed by atoms with van der Waals surface area (Å²) in [5.74, 6) is -0.196. The molecule has 1 aromatic rings. The second-order valence-corrected chi connectivity index (χ2v) is 4.34. The number of carboxylic acid groups (broad SMARTS) is 1. The summed E-state index contributed by atoms with van der Waals surface area (Å²) in [4.78, 5) is 22.6. The molecule has 7 nitrogen and oxygen atoms in total. The predicted molar refractivity (Wildman–Crippen MR) is 69.6 cm³/mol. The van der Waals surface area contributed by atoms with Crippen molar-refractivity contribution in [3.63, 3.8) is 0 Å². The van der Waals surface area contributed by atoms with Gasteiger partial charge in [0, 0.05) is 24.8 Å². The smallest absolute Gasteiger partial charge is 0.323 e. The van der Waals surface area contributed by atoms with Crippen LogP contribution in [0.3, 0.4) is 0 Å². The van der Waals surface area contributed by atoms with Gasteiger partial charge >= 0.3 is 5.97 Å². The zero-order chi connectivity index (χ0) is 13.7. The van der Waals surface area contributed by atoms with Crippen molar-refractivity contribution in [3.05, 3.63) is 11.8 Å². The standard InChI is InChI=1S/C11H19N5O2/c1-8-6-9(14-11(12)13-8)16(7-10(17)18)5-4-15(2)3/h6H,4-5,7H2,1-3H3,(H,17,18)(H2,12,13,14). The van der Waals surface area contributed by atoms with E-state index in [0.29, 0.717) is 12.4 Å². The summed E-state index contributed by atoms with van der Waals surface area (Å²) in [5.41, 5.74) is 6.30. The molecule has 1 heterocycles. The summed E-state index contributed by atoms with van der Waals surface area (Å²) >= 11 is 0. The first-order valence-electron chi connectivity index (χ1n) is 5.61. The van der Waals surface area contributed by atoms with Gasteiger partial charge < -0.3 is 20.6 Å². The highest BCUT2D eigenvalue weighted by Gasteiger charge is 2.13. The van der Waals surface area contributed by atoms with Crippen LogP contribution in [0.25, 0.3) is 0 Å². The van der Waals surface area contributed by atoms with Gasteiger partial charge in [0.25, 0.3) is 0 Å². The van der Waals surface area contributed by atoms with Crippen LogP contribution in [0, 0.1) is 6.92 Å². The predicted octanol–water partition coefficient (Wildman–Crippen LogP) is -0.180. The van der Waals surface area contributed by atoms with Crippen LogP contribution in [-0.4, -0.2) is 59.7 Å². The fraction of sp³-hybridized carbons (Fsp3) is 0.545. The molecule has 0 saturated heterocycles. The number of aromatic nitrogens is 2. The molecule has 0 bridgehead atoms. The summed E-state index contributed by atoms with van der Waals surface area (Å²) in [7, 11) is 3.86. The van der Waals surface area contributed by atoms with E-state index in [0.717, 1.165) is 12.2 Å². The van der Waals surface area contributed by atoms with Crippen molar-refractivity contribution in [3.8, 4) is 0 Å².